The summed E-state index contributed by atoms with van der Waals surface area (Å²) in [5.74, 6) is -1.26. The first-order valence-electron chi connectivity index (χ1n) is 3.46. The van der Waals surface area contributed by atoms with Gasteiger partial charge in [0.05, 0.1) is 12.5 Å². The Labute approximate surface area is 69.1 Å². The summed E-state index contributed by atoms with van der Waals surface area (Å²) in [6.45, 7) is 1.39. The molecule has 0 N–H and O–H groups in total. The number of carboxylic acids is 1. The lowest BCUT2D eigenvalue weighted by molar-refractivity contribution is -0.306. The second kappa shape index (κ2) is 3.21. The van der Waals surface area contributed by atoms with Crippen LogP contribution in [0.4, 0.5) is 0 Å². The number of aromatic nitrogens is 1. The van der Waals surface area contributed by atoms with E-state index in [1.54, 1.807) is 13.0 Å². The Balaban J connectivity index is 3.06. The number of aryl methyl sites for hydroxylation is 1. The average Bonchev–Trinajstić information content (AvgIpc) is 1.96. The number of hydrogen-bond donors (Lipinski definition) is 0. The molecule has 1 aromatic heterocycles. The fraction of sp³-hybridized carbons (Fsp3) is 0.250. The Bertz CT molecular complexity index is 354. The number of carboxylic acid groups (broad SMARTS) is 1. The Hall–Kier alpha value is -1.58. The summed E-state index contributed by atoms with van der Waals surface area (Å²) >= 11 is 0. The second-order valence-corrected chi connectivity index (χ2v) is 2.54. The van der Waals surface area contributed by atoms with Crippen molar-refractivity contribution in [1.29, 1.82) is 0 Å². The lowest BCUT2D eigenvalue weighted by Crippen LogP contribution is -2.32. The Morgan fingerprint density at radius 1 is 1.58 bits per heavy atom. The van der Waals surface area contributed by atoms with E-state index in [9.17, 15) is 14.7 Å². The molecule has 0 amide bonds. The third-order valence-electron chi connectivity index (χ3n) is 1.43. The van der Waals surface area contributed by atoms with Crippen LogP contribution in [0.3, 0.4) is 0 Å². The number of hydrogen-bond acceptors (Lipinski definition) is 3. The van der Waals surface area contributed by atoms with Crippen LogP contribution in [0.2, 0.25) is 0 Å². The molecule has 64 valence electrons. The van der Waals surface area contributed by atoms with E-state index in [4.69, 9.17) is 0 Å². The standard InChI is InChI=1S/C8H9NO3/c1-6-2-3-7(10)9(4-6)5-8(11)12/h2-4H,5H2,1H3,(H,11,12)/p-1. The van der Waals surface area contributed by atoms with E-state index in [0.717, 1.165) is 10.1 Å². The summed E-state index contributed by atoms with van der Waals surface area (Å²) in [5.41, 5.74) is 0.514. The molecule has 0 bridgehead atoms. The maximum absolute atomic E-state index is 11.0. The zero-order valence-electron chi connectivity index (χ0n) is 6.61. The second-order valence-electron chi connectivity index (χ2n) is 2.54. The fourth-order valence-corrected chi connectivity index (χ4v) is 0.914. The SMILES string of the molecule is Cc1ccc(=O)n(CC(=O)[O-])c1. The van der Waals surface area contributed by atoms with Crippen LogP contribution in [-0.2, 0) is 11.3 Å². The molecule has 0 aliphatic heterocycles. The Morgan fingerprint density at radius 2 is 2.25 bits per heavy atom. The quantitative estimate of drug-likeness (QED) is 0.560. The Kier molecular flexibility index (Phi) is 2.28. The van der Waals surface area contributed by atoms with Gasteiger partial charge >= 0.3 is 0 Å². The summed E-state index contributed by atoms with van der Waals surface area (Å²) < 4.78 is 1.10. The van der Waals surface area contributed by atoms with E-state index < -0.39 is 5.97 Å². The highest BCUT2D eigenvalue weighted by molar-refractivity contribution is 5.63. The molecule has 0 unspecified atom stereocenters. The molecule has 4 heteroatoms. The van der Waals surface area contributed by atoms with Crippen molar-refractivity contribution in [2.24, 2.45) is 0 Å². The van der Waals surface area contributed by atoms with Crippen LogP contribution in [0.25, 0.3) is 0 Å². The number of aliphatic carboxylic acids is 1. The summed E-state index contributed by atoms with van der Waals surface area (Å²) in [6, 6.07) is 2.96. The van der Waals surface area contributed by atoms with E-state index in [1.165, 1.54) is 12.3 Å². The van der Waals surface area contributed by atoms with Crippen molar-refractivity contribution in [3.8, 4) is 0 Å². The highest BCUT2D eigenvalue weighted by atomic mass is 16.4. The van der Waals surface area contributed by atoms with Crippen molar-refractivity contribution in [2.45, 2.75) is 13.5 Å². The predicted octanol–water partition coefficient (Wildman–Crippen LogP) is -1.09. The molecule has 0 saturated heterocycles. The van der Waals surface area contributed by atoms with E-state index in [1.807, 2.05) is 0 Å². The van der Waals surface area contributed by atoms with Crippen LogP contribution < -0.4 is 10.7 Å². The maximum atomic E-state index is 11.0. The predicted molar refractivity (Wildman–Crippen MR) is 40.4 cm³/mol. The van der Waals surface area contributed by atoms with Gasteiger partial charge in [-0.25, -0.2) is 0 Å². The minimum Gasteiger partial charge on any atom is -0.548 e. The van der Waals surface area contributed by atoms with Gasteiger partial charge in [0.25, 0.3) is 5.56 Å². The number of pyridine rings is 1. The molecule has 0 aromatic carbocycles. The lowest BCUT2D eigenvalue weighted by atomic mass is 10.3. The third kappa shape index (κ3) is 1.95. The molecular formula is C8H8NO3-. The van der Waals surface area contributed by atoms with Crippen molar-refractivity contribution >= 4 is 5.97 Å². The van der Waals surface area contributed by atoms with Crippen LogP contribution in [0.1, 0.15) is 5.56 Å². The molecule has 12 heavy (non-hydrogen) atoms. The van der Waals surface area contributed by atoms with Gasteiger partial charge in [-0.15, -0.1) is 0 Å². The number of carbonyl (C=O) groups excluding carboxylic acids is 1. The molecule has 1 heterocycles. The van der Waals surface area contributed by atoms with Gasteiger partial charge in [-0.05, 0) is 12.5 Å². The van der Waals surface area contributed by atoms with Crippen molar-refractivity contribution < 1.29 is 9.90 Å². The third-order valence-corrected chi connectivity index (χ3v) is 1.43. The minimum absolute atomic E-state index is 0.329. The maximum Gasteiger partial charge on any atom is 0.250 e. The summed E-state index contributed by atoms with van der Waals surface area (Å²) in [4.78, 5) is 21.1. The molecule has 0 radical (unpaired) electrons. The molecule has 0 aliphatic rings. The smallest absolute Gasteiger partial charge is 0.250 e. The van der Waals surface area contributed by atoms with Gasteiger partial charge in [-0.2, -0.15) is 0 Å². The first kappa shape index (κ1) is 8.52. The topological polar surface area (TPSA) is 62.1 Å². The van der Waals surface area contributed by atoms with Crippen molar-refractivity contribution in [1.82, 2.24) is 4.57 Å². The first-order chi connectivity index (χ1) is 5.59. The van der Waals surface area contributed by atoms with E-state index in [-0.39, 0.29) is 12.1 Å². The summed E-state index contributed by atoms with van der Waals surface area (Å²) in [6.07, 6.45) is 1.48. The van der Waals surface area contributed by atoms with E-state index in [2.05, 4.69) is 0 Å². The molecular weight excluding hydrogens is 158 g/mol. The first-order valence-corrected chi connectivity index (χ1v) is 3.46. The molecule has 0 saturated carbocycles. The zero-order valence-corrected chi connectivity index (χ0v) is 6.61. The molecule has 1 rings (SSSR count). The summed E-state index contributed by atoms with van der Waals surface area (Å²) in [7, 11) is 0. The highest BCUT2D eigenvalue weighted by Crippen LogP contribution is 1.90. The number of nitrogens with zero attached hydrogens (tertiary/aromatic N) is 1. The van der Waals surface area contributed by atoms with Crippen LogP contribution in [0.5, 0.6) is 0 Å². The van der Waals surface area contributed by atoms with Crippen LogP contribution in [-0.4, -0.2) is 10.5 Å². The van der Waals surface area contributed by atoms with Gasteiger partial charge in [0.2, 0.25) is 0 Å². The molecule has 1 aromatic rings. The van der Waals surface area contributed by atoms with E-state index in [0.29, 0.717) is 0 Å². The normalized spacial score (nSPS) is 9.75. The highest BCUT2D eigenvalue weighted by Gasteiger charge is 1.94. The van der Waals surface area contributed by atoms with Gasteiger partial charge < -0.3 is 14.5 Å². The molecule has 4 nitrogen and oxygen atoms in total. The van der Waals surface area contributed by atoms with Gasteiger partial charge in [0.15, 0.2) is 0 Å². The number of rotatable bonds is 2. The molecule has 0 fully saturated rings. The zero-order chi connectivity index (χ0) is 9.14. The van der Waals surface area contributed by atoms with Gasteiger partial charge in [-0.3, -0.25) is 4.79 Å². The van der Waals surface area contributed by atoms with Crippen LogP contribution in [0.15, 0.2) is 23.1 Å². The monoisotopic (exact) mass is 166 g/mol. The van der Waals surface area contributed by atoms with Crippen LogP contribution >= 0.6 is 0 Å². The van der Waals surface area contributed by atoms with Gasteiger partial charge in [0.1, 0.15) is 0 Å². The fourth-order valence-electron chi connectivity index (χ4n) is 0.914. The minimum atomic E-state index is -1.26. The van der Waals surface area contributed by atoms with Gasteiger partial charge in [-0.1, -0.05) is 6.07 Å². The molecule has 0 atom stereocenters. The lowest BCUT2D eigenvalue weighted by Gasteiger charge is -2.05. The van der Waals surface area contributed by atoms with Crippen molar-refractivity contribution in [3.63, 3.8) is 0 Å². The average molecular weight is 166 g/mol. The van der Waals surface area contributed by atoms with Crippen molar-refractivity contribution in [2.75, 3.05) is 0 Å². The summed E-state index contributed by atoms with van der Waals surface area (Å²) in [5, 5.41) is 10.2. The Morgan fingerprint density at radius 3 is 2.83 bits per heavy atom. The van der Waals surface area contributed by atoms with Crippen LogP contribution in [0, 0.1) is 6.92 Å². The van der Waals surface area contributed by atoms with Crippen molar-refractivity contribution in [3.05, 3.63) is 34.2 Å². The largest absolute Gasteiger partial charge is 0.548 e. The molecule has 0 spiro atoms. The van der Waals surface area contributed by atoms with E-state index >= 15 is 0 Å². The molecule has 0 aliphatic carbocycles. The van der Waals surface area contributed by atoms with Gasteiger partial charge in [0, 0.05) is 12.3 Å². The number of carbonyl (C=O) groups is 1.